The van der Waals surface area contributed by atoms with Gasteiger partial charge in [0.25, 0.3) is 5.56 Å². The number of benzene rings is 1. The van der Waals surface area contributed by atoms with Gasteiger partial charge in [0.1, 0.15) is 11.5 Å². The van der Waals surface area contributed by atoms with Crippen molar-refractivity contribution >= 4 is 34.5 Å². The van der Waals surface area contributed by atoms with Gasteiger partial charge in [-0.3, -0.25) is 9.36 Å². The molecule has 3 N–H and O–H groups in total. The molecule has 2 amide bonds. The smallest absolute Gasteiger partial charge is 0.317 e. The number of methoxy groups -OCH3 is 1. The zero-order valence-corrected chi connectivity index (χ0v) is 33.0. The number of urea groups is 1. The maximum Gasteiger partial charge on any atom is 0.317 e. The minimum absolute atomic E-state index is 0.00883. The molecule has 0 atom stereocenters. The quantitative estimate of drug-likeness (QED) is 0.200. The second-order valence-corrected chi connectivity index (χ2v) is 17.2. The summed E-state index contributed by atoms with van der Waals surface area (Å²) in [5.41, 5.74) is 3.19. The number of amides is 2. The molecule has 4 aromatic rings. The third-order valence-corrected chi connectivity index (χ3v) is 12.9. The van der Waals surface area contributed by atoms with E-state index in [1.807, 2.05) is 36.1 Å². The molecule has 56 heavy (non-hydrogen) atoms. The average Bonchev–Trinajstić information content (AvgIpc) is 3.15. The fourth-order valence-electron chi connectivity index (χ4n) is 10.4. The summed E-state index contributed by atoms with van der Waals surface area (Å²) in [6.45, 7) is 7.38. The first-order valence-corrected chi connectivity index (χ1v) is 20.2. The van der Waals surface area contributed by atoms with E-state index in [2.05, 4.69) is 57.0 Å². The Morgan fingerprint density at radius 1 is 0.982 bits per heavy atom. The van der Waals surface area contributed by atoms with Gasteiger partial charge >= 0.3 is 6.03 Å². The van der Waals surface area contributed by atoms with E-state index in [0.29, 0.717) is 62.6 Å². The van der Waals surface area contributed by atoms with E-state index < -0.39 is 0 Å². The normalized spacial score (nSPS) is 25.1. The molecule has 5 heterocycles. The fourth-order valence-corrected chi connectivity index (χ4v) is 10.4. The summed E-state index contributed by atoms with van der Waals surface area (Å²) in [5, 5.41) is 11.3. The van der Waals surface area contributed by atoms with E-state index in [1.165, 1.54) is 19.3 Å². The van der Waals surface area contributed by atoms with Crippen molar-refractivity contribution in [2.75, 3.05) is 83.9 Å². The van der Waals surface area contributed by atoms with Gasteiger partial charge in [-0.1, -0.05) is 12.1 Å². The summed E-state index contributed by atoms with van der Waals surface area (Å²) in [7, 11) is 5.71. The molecule has 4 bridgehead atoms. The van der Waals surface area contributed by atoms with Gasteiger partial charge in [-0.2, -0.15) is 9.97 Å². The summed E-state index contributed by atoms with van der Waals surface area (Å²) in [6.07, 6.45) is 9.28. The van der Waals surface area contributed by atoms with Crippen LogP contribution in [0.4, 0.5) is 22.2 Å². The van der Waals surface area contributed by atoms with Gasteiger partial charge in [0.2, 0.25) is 11.8 Å². The Kier molecular flexibility index (Phi) is 9.61. The number of nitrogens with one attached hydrogen (secondary N) is 3. The Bertz CT molecular complexity index is 2140. The average molecular weight is 763 g/mol. The molecule has 14 nitrogen and oxygen atoms in total. The fraction of sp³-hybridized carbons (Fsp3) is 0.548. The van der Waals surface area contributed by atoms with Gasteiger partial charge in [0.05, 0.1) is 31.5 Å². The number of carbonyl (C=O) groups excluding carboxylic acids is 1. The first-order valence-electron chi connectivity index (χ1n) is 20.2. The molecular weight excluding hydrogens is 709 g/mol. The van der Waals surface area contributed by atoms with Crippen molar-refractivity contribution in [3.05, 3.63) is 70.1 Å². The van der Waals surface area contributed by atoms with E-state index in [4.69, 9.17) is 19.4 Å². The molecule has 6 fully saturated rings. The van der Waals surface area contributed by atoms with E-state index in [9.17, 15) is 9.59 Å². The number of fused-ring (bicyclic) bond motifs is 1. The van der Waals surface area contributed by atoms with Crippen LogP contribution in [-0.4, -0.2) is 115 Å². The van der Waals surface area contributed by atoms with Crippen molar-refractivity contribution in [2.24, 2.45) is 17.8 Å². The van der Waals surface area contributed by atoms with Gasteiger partial charge in [0.15, 0.2) is 5.65 Å². The van der Waals surface area contributed by atoms with Crippen LogP contribution >= 0.6 is 0 Å². The number of rotatable bonds is 11. The molecule has 0 spiro atoms. The molecule has 3 aromatic heterocycles. The Morgan fingerprint density at radius 2 is 1.71 bits per heavy atom. The van der Waals surface area contributed by atoms with Crippen LogP contribution < -0.4 is 31.1 Å². The summed E-state index contributed by atoms with van der Waals surface area (Å²) >= 11 is 0. The Morgan fingerprint density at radius 3 is 2.38 bits per heavy atom. The number of likely N-dealkylation sites (N-methyl/N-ethyl adjacent to an activating group) is 1. The highest BCUT2D eigenvalue weighted by Crippen LogP contribution is 2.55. The maximum absolute atomic E-state index is 13.7. The molecule has 1 aromatic carbocycles. The SMILES string of the molecule is COc1nc(N2CCN(C(=O)NC34CC5CC(CC(C5)C3)C4)CC2)ccc1Nc1ncc2c(C)cc(=O)n(-c3cccc(C4(NCCN(C)C)COC4)c3)c2n1. The van der Waals surface area contributed by atoms with Crippen molar-refractivity contribution in [1.29, 1.82) is 0 Å². The molecule has 14 heteroatoms. The van der Waals surface area contributed by atoms with Crippen LogP contribution in [0, 0.1) is 24.7 Å². The highest BCUT2D eigenvalue weighted by molar-refractivity contribution is 5.81. The van der Waals surface area contributed by atoms with Crippen LogP contribution in [0.1, 0.15) is 49.7 Å². The number of nitrogens with zero attached hydrogens (tertiary/aromatic N) is 7. The minimum Gasteiger partial charge on any atom is -0.479 e. The number of ether oxygens (including phenoxy) is 2. The Hall–Kier alpha value is -4.79. The topological polar surface area (TPSA) is 142 Å². The highest BCUT2D eigenvalue weighted by Gasteiger charge is 2.52. The third kappa shape index (κ3) is 6.96. The zero-order chi connectivity index (χ0) is 38.6. The molecular formula is C42H54N10O4. The summed E-state index contributed by atoms with van der Waals surface area (Å²) in [4.78, 5) is 47.9. The van der Waals surface area contributed by atoms with E-state index in [-0.39, 0.29) is 22.7 Å². The maximum atomic E-state index is 13.7. The molecule has 6 aliphatic rings. The number of hydrogen-bond donors (Lipinski definition) is 3. The molecule has 2 aliphatic heterocycles. The van der Waals surface area contributed by atoms with Crippen LogP contribution in [0.15, 0.2) is 53.5 Å². The van der Waals surface area contributed by atoms with E-state index >= 15 is 0 Å². The number of aromatic nitrogens is 4. The van der Waals surface area contributed by atoms with Gasteiger partial charge in [0, 0.05) is 62.5 Å². The number of aryl methyl sites for hydroxylation is 1. The predicted octanol–water partition coefficient (Wildman–Crippen LogP) is 4.41. The molecule has 2 saturated heterocycles. The minimum atomic E-state index is -0.316. The molecule has 0 unspecified atom stereocenters. The van der Waals surface area contributed by atoms with Crippen LogP contribution in [0.3, 0.4) is 0 Å². The van der Waals surface area contributed by atoms with Crippen molar-refractivity contribution in [2.45, 2.75) is 56.5 Å². The second-order valence-electron chi connectivity index (χ2n) is 17.2. The van der Waals surface area contributed by atoms with Gasteiger partial charge in [-0.15, -0.1) is 0 Å². The molecule has 10 rings (SSSR count). The molecule has 296 valence electrons. The standard InChI is InChI=1S/C42H54N10O4/c1-27-16-36(53)52(32-7-5-6-31(20-32)42(25-56-26-42)44-10-11-49(2)3)37-33(27)24-43-39(47-37)45-34-8-9-35(46-38(34)55-4)50-12-14-51(15-13-50)40(54)48-41-21-28-17-29(22-41)19-30(18-28)23-41/h5-9,16,20,24,28-30,44H,10-15,17-19,21-23,25-26H2,1-4H3,(H,48,54)(H,43,45,47). The van der Waals surface area contributed by atoms with Crippen LogP contribution in [0.2, 0.25) is 0 Å². The lowest BCUT2D eigenvalue weighted by Gasteiger charge is -2.57. The molecule has 0 radical (unpaired) electrons. The number of piperazine rings is 1. The summed E-state index contributed by atoms with van der Waals surface area (Å²) < 4.78 is 13.1. The van der Waals surface area contributed by atoms with Crippen molar-refractivity contribution in [3.63, 3.8) is 0 Å². The van der Waals surface area contributed by atoms with Gasteiger partial charge in [-0.05, 0) is 113 Å². The lowest BCUT2D eigenvalue weighted by atomic mass is 9.53. The Balaban J connectivity index is 0.905. The zero-order valence-electron chi connectivity index (χ0n) is 33.0. The summed E-state index contributed by atoms with van der Waals surface area (Å²) in [5.74, 6) is 3.87. The largest absolute Gasteiger partial charge is 0.479 e. The van der Waals surface area contributed by atoms with Crippen molar-refractivity contribution < 1.29 is 14.3 Å². The lowest BCUT2D eigenvalue weighted by Crippen LogP contribution is -2.63. The summed E-state index contributed by atoms with van der Waals surface area (Å²) in [6, 6.07) is 13.6. The van der Waals surface area contributed by atoms with Crippen molar-refractivity contribution in [1.82, 2.24) is 40.0 Å². The lowest BCUT2D eigenvalue weighted by molar-refractivity contribution is -0.0787. The predicted molar refractivity (Wildman–Crippen MR) is 216 cm³/mol. The van der Waals surface area contributed by atoms with Crippen LogP contribution in [0.5, 0.6) is 5.88 Å². The van der Waals surface area contributed by atoms with Gasteiger partial charge < -0.3 is 40.1 Å². The Labute approximate surface area is 328 Å². The number of carbonyl (C=O) groups is 1. The number of pyridine rings is 2. The number of anilines is 3. The van der Waals surface area contributed by atoms with E-state index in [1.54, 1.807) is 23.9 Å². The van der Waals surface area contributed by atoms with Crippen molar-refractivity contribution in [3.8, 4) is 11.6 Å². The molecule has 4 saturated carbocycles. The monoisotopic (exact) mass is 762 g/mol. The highest BCUT2D eigenvalue weighted by atomic mass is 16.5. The van der Waals surface area contributed by atoms with Crippen LogP contribution in [0.25, 0.3) is 16.7 Å². The first kappa shape index (κ1) is 36.8. The van der Waals surface area contributed by atoms with Crippen LogP contribution in [-0.2, 0) is 10.3 Å². The number of hydrogen-bond acceptors (Lipinski definition) is 11. The van der Waals surface area contributed by atoms with E-state index in [0.717, 1.165) is 78.1 Å². The van der Waals surface area contributed by atoms with Gasteiger partial charge in [-0.25, -0.2) is 9.78 Å². The second kappa shape index (κ2) is 14.6. The molecule has 4 aliphatic carbocycles. The third-order valence-electron chi connectivity index (χ3n) is 12.9. The first-order chi connectivity index (χ1) is 27.1.